The van der Waals surface area contributed by atoms with Gasteiger partial charge in [-0.15, -0.1) is 0 Å². The molecule has 32 heavy (non-hydrogen) atoms. The van der Waals surface area contributed by atoms with Crippen molar-refractivity contribution in [2.45, 2.75) is 6.54 Å². The van der Waals surface area contributed by atoms with Gasteiger partial charge in [-0.3, -0.25) is 4.79 Å². The molecule has 5 aromatic rings. The Kier molecular flexibility index (Phi) is 5.19. The number of nitrogens with two attached hydrogens (primary N) is 1. The number of fused-ring (bicyclic) bond motifs is 3. The Bertz CT molecular complexity index is 1470. The quantitative estimate of drug-likeness (QED) is 0.314. The number of amides is 1. The summed E-state index contributed by atoms with van der Waals surface area (Å²) in [6, 6.07) is 28.4. The van der Waals surface area contributed by atoms with Gasteiger partial charge in [0.05, 0.1) is 18.1 Å². The van der Waals surface area contributed by atoms with Crippen LogP contribution in [-0.4, -0.2) is 17.6 Å². The molecule has 5 heteroatoms. The van der Waals surface area contributed by atoms with Gasteiger partial charge in [-0.25, -0.2) is 0 Å². The van der Waals surface area contributed by atoms with E-state index >= 15 is 0 Å². The van der Waals surface area contributed by atoms with Crippen LogP contribution >= 0.6 is 15.9 Å². The second-order valence-electron chi connectivity index (χ2n) is 7.74. The summed E-state index contributed by atoms with van der Waals surface area (Å²) >= 11 is 3.57. The van der Waals surface area contributed by atoms with Crippen LogP contribution in [-0.2, 0) is 6.54 Å². The van der Waals surface area contributed by atoms with Crippen molar-refractivity contribution < 1.29 is 9.53 Å². The molecule has 0 saturated heterocycles. The van der Waals surface area contributed by atoms with E-state index in [9.17, 15) is 4.79 Å². The molecule has 5 rings (SSSR count). The number of primary amides is 1. The number of nitrogens with zero attached hydrogens (tertiary/aromatic N) is 1. The zero-order chi connectivity index (χ0) is 22.2. The minimum atomic E-state index is -0.420. The maximum atomic E-state index is 12.2. The van der Waals surface area contributed by atoms with E-state index < -0.39 is 5.91 Å². The third-order valence-electron chi connectivity index (χ3n) is 5.81. The molecule has 2 N–H and O–H groups in total. The Morgan fingerprint density at radius 3 is 2.38 bits per heavy atom. The number of benzene rings is 4. The number of hydrogen-bond acceptors (Lipinski definition) is 2. The predicted octanol–water partition coefficient (Wildman–Crippen LogP) is 6.38. The molecule has 0 aliphatic heterocycles. The van der Waals surface area contributed by atoms with E-state index in [4.69, 9.17) is 10.5 Å². The zero-order valence-corrected chi connectivity index (χ0v) is 19.1. The normalized spacial score (nSPS) is 11.2. The van der Waals surface area contributed by atoms with Gasteiger partial charge in [0, 0.05) is 27.4 Å². The van der Waals surface area contributed by atoms with Gasteiger partial charge in [0.15, 0.2) is 0 Å². The first-order valence-electron chi connectivity index (χ1n) is 10.3. The third-order valence-corrected chi connectivity index (χ3v) is 6.30. The Morgan fingerprint density at radius 2 is 1.66 bits per heavy atom. The van der Waals surface area contributed by atoms with Gasteiger partial charge >= 0.3 is 0 Å². The van der Waals surface area contributed by atoms with Crippen molar-refractivity contribution in [2.75, 3.05) is 7.11 Å². The van der Waals surface area contributed by atoms with Gasteiger partial charge in [-0.1, -0.05) is 58.4 Å². The summed E-state index contributed by atoms with van der Waals surface area (Å²) in [4.78, 5) is 12.2. The van der Waals surface area contributed by atoms with Gasteiger partial charge in [0.2, 0.25) is 5.91 Å². The number of ether oxygens (including phenoxy) is 1. The monoisotopic (exact) mass is 484 g/mol. The molecule has 0 saturated carbocycles. The van der Waals surface area contributed by atoms with Crippen LogP contribution in [0.5, 0.6) is 5.75 Å². The summed E-state index contributed by atoms with van der Waals surface area (Å²) < 4.78 is 8.58. The van der Waals surface area contributed by atoms with Crippen LogP contribution in [0.4, 0.5) is 0 Å². The lowest BCUT2D eigenvalue weighted by Crippen LogP contribution is -2.11. The molecular formula is C27H21BrN2O2. The van der Waals surface area contributed by atoms with Crippen molar-refractivity contribution in [3.63, 3.8) is 0 Å². The van der Waals surface area contributed by atoms with Crippen molar-refractivity contribution in [2.24, 2.45) is 5.73 Å². The third kappa shape index (κ3) is 3.55. The molecular weight excluding hydrogens is 464 g/mol. The Balaban J connectivity index is 1.76. The number of methoxy groups -OCH3 is 1. The molecule has 0 fully saturated rings. The molecule has 0 unspecified atom stereocenters. The lowest BCUT2D eigenvalue weighted by Gasteiger charge is -2.10. The number of carbonyl (C=O) groups is 1. The second-order valence-corrected chi connectivity index (χ2v) is 8.66. The minimum Gasteiger partial charge on any atom is -0.497 e. The summed E-state index contributed by atoms with van der Waals surface area (Å²) in [7, 11) is 1.66. The molecule has 1 heterocycles. The van der Waals surface area contributed by atoms with Gasteiger partial charge in [0.25, 0.3) is 0 Å². The highest BCUT2D eigenvalue weighted by molar-refractivity contribution is 9.10. The first-order chi connectivity index (χ1) is 15.5. The number of rotatable bonds is 5. The molecule has 0 bridgehead atoms. The molecule has 1 amide bonds. The fraction of sp³-hybridized carbons (Fsp3) is 0.0741. The summed E-state index contributed by atoms with van der Waals surface area (Å²) in [5.41, 5.74) is 11.7. The summed E-state index contributed by atoms with van der Waals surface area (Å²) in [6.07, 6.45) is 0. The van der Waals surface area contributed by atoms with Crippen molar-refractivity contribution in [1.82, 2.24) is 4.57 Å². The number of halogens is 1. The maximum absolute atomic E-state index is 12.2. The van der Waals surface area contributed by atoms with Crippen molar-refractivity contribution in [1.29, 1.82) is 0 Å². The van der Waals surface area contributed by atoms with E-state index in [0.717, 1.165) is 48.7 Å². The van der Waals surface area contributed by atoms with E-state index in [-0.39, 0.29) is 0 Å². The lowest BCUT2D eigenvalue weighted by atomic mass is 10.0. The maximum Gasteiger partial charge on any atom is 0.249 e. The lowest BCUT2D eigenvalue weighted by molar-refractivity contribution is 0.100. The van der Waals surface area contributed by atoms with Crippen molar-refractivity contribution in [3.8, 4) is 16.9 Å². The average Bonchev–Trinajstić information content (AvgIpc) is 3.12. The van der Waals surface area contributed by atoms with Crippen molar-refractivity contribution >= 4 is 43.6 Å². The highest BCUT2D eigenvalue weighted by Crippen LogP contribution is 2.35. The van der Waals surface area contributed by atoms with E-state index in [1.807, 2.05) is 36.4 Å². The van der Waals surface area contributed by atoms with Crippen molar-refractivity contribution in [3.05, 3.63) is 101 Å². The smallest absolute Gasteiger partial charge is 0.249 e. The van der Waals surface area contributed by atoms with Crippen LogP contribution in [0.2, 0.25) is 0 Å². The van der Waals surface area contributed by atoms with Crippen LogP contribution in [0.15, 0.2) is 89.4 Å². The van der Waals surface area contributed by atoms with Gasteiger partial charge in [-0.05, 0) is 59.2 Å². The van der Waals surface area contributed by atoms with Gasteiger partial charge in [0.1, 0.15) is 5.75 Å². The summed E-state index contributed by atoms with van der Waals surface area (Å²) in [5.74, 6) is 0.404. The standard InChI is InChI=1S/C27H21BrN2O2/c1-32-21-11-8-18(9-12-21)19-10-13-22-25(15-19)30(16-17-4-2-5-20(28)14-17)24-7-3-6-23(26(22)24)27(29)31/h2-15H,16H2,1H3,(H2,29,31). The molecule has 4 nitrogen and oxygen atoms in total. The highest BCUT2D eigenvalue weighted by atomic mass is 79.9. The fourth-order valence-electron chi connectivity index (χ4n) is 4.30. The Hall–Kier alpha value is -3.57. The zero-order valence-electron chi connectivity index (χ0n) is 17.5. The topological polar surface area (TPSA) is 57.2 Å². The van der Waals surface area contributed by atoms with Crippen LogP contribution in [0, 0.1) is 0 Å². The second kappa shape index (κ2) is 8.17. The van der Waals surface area contributed by atoms with E-state index in [2.05, 4.69) is 63.0 Å². The molecule has 0 atom stereocenters. The van der Waals surface area contributed by atoms with Crippen LogP contribution in [0.3, 0.4) is 0 Å². The van der Waals surface area contributed by atoms with E-state index in [1.54, 1.807) is 13.2 Å². The number of aromatic nitrogens is 1. The van der Waals surface area contributed by atoms with Crippen LogP contribution in [0.25, 0.3) is 32.9 Å². The Morgan fingerprint density at radius 1 is 0.906 bits per heavy atom. The molecule has 0 radical (unpaired) electrons. The first kappa shape index (κ1) is 20.3. The molecule has 4 aromatic carbocycles. The molecule has 158 valence electrons. The van der Waals surface area contributed by atoms with Crippen LogP contribution < -0.4 is 10.5 Å². The minimum absolute atomic E-state index is 0.420. The average molecular weight is 485 g/mol. The van der Waals surface area contributed by atoms with E-state index in [0.29, 0.717) is 12.1 Å². The largest absolute Gasteiger partial charge is 0.497 e. The first-order valence-corrected chi connectivity index (χ1v) is 11.1. The summed E-state index contributed by atoms with van der Waals surface area (Å²) in [5, 5.41) is 1.91. The molecule has 0 aliphatic rings. The Labute approximate surface area is 194 Å². The molecule has 0 spiro atoms. The highest BCUT2D eigenvalue weighted by Gasteiger charge is 2.17. The number of hydrogen-bond donors (Lipinski definition) is 1. The van der Waals surface area contributed by atoms with Gasteiger partial charge in [-0.2, -0.15) is 0 Å². The number of carbonyl (C=O) groups excluding carboxylic acids is 1. The molecule has 1 aromatic heterocycles. The molecule has 0 aliphatic carbocycles. The van der Waals surface area contributed by atoms with Gasteiger partial charge < -0.3 is 15.0 Å². The SMILES string of the molecule is COc1ccc(-c2ccc3c4c(C(N)=O)cccc4n(Cc4cccc(Br)c4)c3c2)cc1. The van der Waals surface area contributed by atoms with Crippen LogP contribution in [0.1, 0.15) is 15.9 Å². The fourth-order valence-corrected chi connectivity index (χ4v) is 4.75. The predicted molar refractivity (Wildman–Crippen MR) is 133 cm³/mol. The van der Waals surface area contributed by atoms with E-state index in [1.165, 1.54) is 0 Å². The summed E-state index contributed by atoms with van der Waals surface area (Å²) in [6.45, 7) is 0.674.